The van der Waals surface area contributed by atoms with Crippen LogP contribution in [-0.4, -0.2) is 23.6 Å². The molecule has 1 aliphatic rings. The largest absolute Gasteiger partial charge is 0.373 e. The van der Waals surface area contributed by atoms with Gasteiger partial charge in [-0.15, -0.1) is 0 Å². The number of methoxy groups -OCH3 is 1. The number of rotatable bonds is 7. The lowest BCUT2D eigenvalue weighted by Crippen LogP contribution is -2.24. The van der Waals surface area contributed by atoms with Crippen LogP contribution in [0.2, 0.25) is 0 Å². The summed E-state index contributed by atoms with van der Waals surface area (Å²) < 4.78 is 5.41. The van der Waals surface area contributed by atoms with Gasteiger partial charge < -0.3 is 15.0 Å². The number of ether oxygens (including phenoxy) is 1. The van der Waals surface area contributed by atoms with Gasteiger partial charge in [-0.2, -0.15) is 0 Å². The van der Waals surface area contributed by atoms with Crippen LogP contribution in [0.5, 0.6) is 0 Å². The minimum Gasteiger partial charge on any atom is -0.373 e. The molecular weight excluding hydrogens is 230 g/mol. The van der Waals surface area contributed by atoms with E-state index in [1.165, 1.54) is 0 Å². The Labute approximate surface area is 107 Å². The molecule has 1 atom stereocenters. The van der Waals surface area contributed by atoms with Crippen molar-refractivity contribution in [2.45, 2.75) is 38.8 Å². The number of nitrogens with one attached hydrogen (secondary N) is 2. The molecule has 0 bridgehead atoms. The quantitative estimate of drug-likeness (QED) is 0.718. The second-order valence-corrected chi connectivity index (χ2v) is 4.79. The summed E-state index contributed by atoms with van der Waals surface area (Å²) in [6, 6.07) is 0. The summed E-state index contributed by atoms with van der Waals surface area (Å²) in [5.41, 5.74) is 0.615. The molecule has 0 aliphatic heterocycles. The Balaban J connectivity index is 2.06. The van der Waals surface area contributed by atoms with Crippen molar-refractivity contribution in [2.24, 2.45) is 5.92 Å². The third-order valence-electron chi connectivity index (χ3n) is 3.21. The van der Waals surface area contributed by atoms with Crippen LogP contribution >= 0.6 is 0 Å². The molecule has 0 spiro atoms. The second kappa shape index (κ2) is 6.11. The summed E-state index contributed by atoms with van der Waals surface area (Å²) in [6.45, 7) is 3.57. The summed E-state index contributed by atoms with van der Waals surface area (Å²) >= 11 is 0. The lowest BCUT2D eigenvalue weighted by Gasteiger charge is -2.13. The number of aromatic amines is 1. The third-order valence-corrected chi connectivity index (χ3v) is 3.21. The minimum atomic E-state index is -0.0636. The van der Waals surface area contributed by atoms with E-state index >= 15 is 0 Å². The Kier molecular flexibility index (Phi) is 4.49. The summed E-state index contributed by atoms with van der Waals surface area (Å²) in [7, 11) is 1.67. The topological polar surface area (TPSA) is 67.0 Å². The fraction of sp³-hybridized carbons (Fsp3) is 0.692. The predicted molar refractivity (Wildman–Crippen MR) is 69.3 cm³/mol. The molecule has 18 heavy (non-hydrogen) atoms. The van der Waals surface area contributed by atoms with Crippen molar-refractivity contribution in [1.29, 1.82) is 0 Å². The van der Waals surface area contributed by atoms with E-state index in [1.54, 1.807) is 13.3 Å². The van der Waals surface area contributed by atoms with Crippen molar-refractivity contribution in [3.8, 4) is 0 Å². The molecular formula is C13H21N3O2. The molecule has 0 saturated heterocycles. The van der Waals surface area contributed by atoms with Gasteiger partial charge >= 0.3 is 0 Å². The molecule has 0 radical (unpaired) electrons. The SMILES string of the molecule is CCCNCc1cnc(C(OC)C2CC2)[nH]c1=O. The smallest absolute Gasteiger partial charge is 0.255 e. The first-order chi connectivity index (χ1) is 8.76. The maximum atomic E-state index is 11.9. The Morgan fingerprint density at radius 2 is 2.39 bits per heavy atom. The van der Waals surface area contributed by atoms with Crippen molar-refractivity contribution in [1.82, 2.24) is 15.3 Å². The first-order valence-electron chi connectivity index (χ1n) is 6.57. The van der Waals surface area contributed by atoms with E-state index in [-0.39, 0.29) is 11.7 Å². The van der Waals surface area contributed by atoms with Crippen LogP contribution in [0.1, 0.15) is 43.7 Å². The Morgan fingerprint density at radius 3 is 2.94 bits per heavy atom. The van der Waals surface area contributed by atoms with Crippen LogP contribution in [0.25, 0.3) is 0 Å². The first-order valence-corrected chi connectivity index (χ1v) is 6.57. The van der Waals surface area contributed by atoms with Gasteiger partial charge in [0.25, 0.3) is 5.56 Å². The van der Waals surface area contributed by atoms with E-state index < -0.39 is 0 Å². The molecule has 2 N–H and O–H groups in total. The van der Waals surface area contributed by atoms with Crippen molar-refractivity contribution in [3.05, 3.63) is 27.9 Å². The summed E-state index contributed by atoms with van der Waals surface area (Å²) in [6.07, 6.45) is 4.96. The highest BCUT2D eigenvalue weighted by Crippen LogP contribution is 2.41. The van der Waals surface area contributed by atoms with Gasteiger partial charge in [0.05, 0.1) is 0 Å². The van der Waals surface area contributed by atoms with Gasteiger partial charge in [0, 0.05) is 25.4 Å². The fourth-order valence-corrected chi connectivity index (χ4v) is 2.03. The Morgan fingerprint density at radius 1 is 1.61 bits per heavy atom. The molecule has 1 aromatic rings. The molecule has 1 fully saturated rings. The molecule has 0 aromatic carbocycles. The maximum Gasteiger partial charge on any atom is 0.255 e. The van der Waals surface area contributed by atoms with Crippen LogP contribution in [0, 0.1) is 5.92 Å². The highest BCUT2D eigenvalue weighted by Gasteiger charge is 2.34. The van der Waals surface area contributed by atoms with Gasteiger partial charge in [0.2, 0.25) is 0 Å². The fourth-order valence-electron chi connectivity index (χ4n) is 2.03. The summed E-state index contributed by atoms with van der Waals surface area (Å²) in [5.74, 6) is 1.17. The van der Waals surface area contributed by atoms with E-state index in [9.17, 15) is 4.79 Å². The molecule has 2 rings (SSSR count). The van der Waals surface area contributed by atoms with Crippen LogP contribution in [0.3, 0.4) is 0 Å². The molecule has 0 amide bonds. The average Bonchev–Trinajstić information content (AvgIpc) is 3.17. The molecule has 100 valence electrons. The van der Waals surface area contributed by atoms with Gasteiger partial charge in [-0.3, -0.25) is 4.79 Å². The molecule has 5 nitrogen and oxygen atoms in total. The molecule has 1 saturated carbocycles. The average molecular weight is 251 g/mol. The number of nitrogens with zero attached hydrogens (tertiary/aromatic N) is 1. The number of H-pyrrole nitrogens is 1. The van der Waals surface area contributed by atoms with Crippen LogP contribution < -0.4 is 10.9 Å². The van der Waals surface area contributed by atoms with Gasteiger partial charge in [-0.1, -0.05) is 6.92 Å². The lowest BCUT2D eigenvalue weighted by atomic mass is 10.2. The Hall–Kier alpha value is -1.20. The summed E-state index contributed by atoms with van der Waals surface area (Å²) in [4.78, 5) is 19.1. The van der Waals surface area contributed by atoms with Gasteiger partial charge in [0.15, 0.2) is 0 Å². The lowest BCUT2D eigenvalue weighted by molar-refractivity contribution is 0.0769. The summed E-state index contributed by atoms with van der Waals surface area (Å²) in [5, 5.41) is 3.20. The van der Waals surface area contributed by atoms with Crippen LogP contribution in [-0.2, 0) is 11.3 Å². The van der Waals surface area contributed by atoms with Crippen molar-refractivity contribution >= 4 is 0 Å². The highest BCUT2D eigenvalue weighted by molar-refractivity contribution is 5.08. The zero-order valence-electron chi connectivity index (χ0n) is 11.0. The monoisotopic (exact) mass is 251 g/mol. The molecule has 1 heterocycles. The zero-order chi connectivity index (χ0) is 13.0. The van der Waals surface area contributed by atoms with Crippen molar-refractivity contribution in [3.63, 3.8) is 0 Å². The van der Waals surface area contributed by atoms with Crippen molar-refractivity contribution < 1.29 is 4.74 Å². The van der Waals surface area contributed by atoms with Gasteiger partial charge in [0.1, 0.15) is 11.9 Å². The number of hydrogen-bond donors (Lipinski definition) is 2. The highest BCUT2D eigenvalue weighted by atomic mass is 16.5. The van der Waals surface area contributed by atoms with Crippen LogP contribution in [0.4, 0.5) is 0 Å². The van der Waals surface area contributed by atoms with E-state index in [0.29, 0.717) is 23.9 Å². The standard InChI is InChI=1S/C13H21N3O2/c1-3-6-14-7-10-8-15-12(16-13(10)17)11(18-2)9-4-5-9/h8-9,11,14H,3-7H2,1-2H3,(H,15,16,17). The zero-order valence-corrected chi connectivity index (χ0v) is 11.0. The molecule has 5 heteroatoms. The van der Waals surface area contributed by atoms with Crippen molar-refractivity contribution in [2.75, 3.05) is 13.7 Å². The van der Waals surface area contributed by atoms with E-state index in [1.807, 2.05) is 0 Å². The number of hydrogen-bond acceptors (Lipinski definition) is 4. The first kappa shape index (κ1) is 13.2. The van der Waals surface area contributed by atoms with Gasteiger partial charge in [-0.05, 0) is 31.7 Å². The Bertz CT molecular complexity index is 440. The van der Waals surface area contributed by atoms with E-state index in [0.717, 1.165) is 25.8 Å². The third kappa shape index (κ3) is 3.17. The maximum absolute atomic E-state index is 11.9. The predicted octanol–water partition coefficient (Wildman–Crippen LogP) is 1.37. The molecule has 1 unspecified atom stereocenters. The van der Waals surface area contributed by atoms with Crippen LogP contribution in [0.15, 0.2) is 11.0 Å². The number of aromatic nitrogens is 2. The molecule has 1 aliphatic carbocycles. The van der Waals surface area contributed by atoms with E-state index in [2.05, 4.69) is 22.2 Å². The molecule has 1 aromatic heterocycles. The minimum absolute atomic E-state index is 0.0599. The second-order valence-electron chi connectivity index (χ2n) is 4.79. The van der Waals surface area contributed by atoms with E-state index in [4.69, 9.17) is 4.74 Å². The normalized spacial score (nSPS) is 16.8. The van der Waals surface area contributed by atoms with Gasteiger partial charge in [-0.25, -0.2) is 4.98 Å².